The molecule has 0 saturated carbocycles. The first-order valence-corrected chi connectivity index (χ1v) is 14.0. The molecule has 1 unspecified atom stereocenters. The van der Waals surface area contributed by atoms with E-state index in [4.69, 9.17) is 14.5 Å². The number of rotatable bonds is 6. The number of piperidine rings is 1. The maximum Gasteiger partial charge on any atom is 0.407 e. The summed E-state index contributed by atoms with van der Waals surface area (Å²) in [5.74, 6) is 7.30. The first-order chi connectivity index (χ1) is 20.0. The summed E-state index contributed by atoms with van der Waals surface area (Å²) in [7, 11) is 1.63. The van der Waals surface area contributed by atoms with Gasteiger partial charge in [0.2, 0.25) is 11.8 Å². The number of ether oxygens (including phenoxy) is 2. The molecule has 1 aliphatic rings. The van der Waals surface area contributed by atoms with Crippen LogP contribution in [0.3, 0.4) is 0 Å². The number of alkyl carbamates (subject to hydrolysis) is 1. The fourth-order valence-electron chi connectivity index (χ4n) is 5.07. The van der Waals surface area contributed by atoms with Gasteiger partial charge >= 0.3 is 11.8 Å². The second-order valence-electron chi connectivity index (χ2n) is 11.3. The number of aromatic nitrogens is 6. The number of nitrogens with one attached hydrogen (secondary N) is 1. The highest BCUT2D eigenvalue weighted by atomic mass is 16.6. The monoisotopic (exact) mass is 572 g/mol. The SMILES string of the molecule is CC#CCn1c(N2CCCC(NC(=O)OC(C)(C)C)C2)nc2c1c(OCc1nc(C)c3ccccc3n1)nc(=O)n2C. The Morgan fingerprint density at radius 2 is 1.95 bits per heavy atom. The van der Waals surface area contributed by atoms with Crippen LogP contribution in [0.4, 0.5) is 10.7 Å². The molecule has 0 bridgehead atoms. The molecule has 4 aromatic rings. The maximum absolute atomic E-state index is 12.9. The van der Waals surface area contributed by atoms with Gasteiger partial charge in [0.15, 0.2) is 17.0 Å². The van der Waals surface area contributed by atoms with Crippen LogP contribution in [0.15, 0.2) is 29.1 Å². The summed E-state index contributed by atoms with van der Waals surface area (Å²) in [5, 5.41) is 3.95. The van der Waals surface area contributed by atoms with Crippen LogP contribution in [0.5, 0.6) is 5.88 Å². The van der Waals surface area contributed by atoms with E-state index in [-0.39, 0.29) is 18.5 Å². The van der Waals surface area contributed by atoms with Gasteiger partial charge in [0, 0.05) is 37.3 Å². The number of hydrogen-bond donors (Lipinski definition) is 1. The molecular weight excluding hydrogens is 536 g/mol. The standard InChI is InChI=1S/C30H36N8O4/c1-7-8-16-38-24-25(34-27(38)37-15-11-12-20(17-37)32-29(40)42-30(3,4)5)36(6)28(39)35-26(24)41-18-23-31-19(2)21-13-9-10-14-22(21)33-23/h9-10,13-14,20H,11-12,15-18H2,1-6H3,(H,32,40). The number of benzene rings is 1. The van der Waals surface area contributed by atoms with Gasteiger partial charge < -0.3 is 19.7 Å². The lowest BCUT2D eigenvalue weighted by atomic mass is 10.1. The fourth-order valence-corrected chi connectivity index (χ4v) is 5.07. The molecule has 5 rings (SSSR count). The smallest absolute Gasteiger partial charge is 0.407 e. The van der Waals surface area contributed by atoms with Gasteiger partial charge in [0.05, 0.1) is 12.1 Å². The van der Waals surface area contributed by atoms with Crippen LogP contribution < -0.4 is 20.6 Å². The van der Waals surface area contributed by atoms with Gasteiger partial charge in [-0.1, -0.05) is 24.1 Å². The van der Waals surface area contributed by atoms with Crippen LogP contribution in [-0.2, 0) is 24.9 Å². The third-order valence-electron chi connectivity index (χ3n) is 6.95. The van der Waals surface area contributed by atoms with Crippen molar-refractivity contribution in [3.63, 3.8) is 0 Å². The minimum atomic E-state index is -0.587. The number of para-hydroxylation sites is 1. The molecule has 0 radical (unpaired) electrons. The number of carbonyl (C=O) groups excluding carboxylic acids is 1. The average molecular weight is 573 g/mol. The third kappa shape index (κ3) is 6.15. The molecule has 1 aromatic carbocycles. The van der Waals surface area contributed by atoms with E-state index in [1.807, 2.05) is 56.5 Å². The van der Waals surface area contributed by atoms with E-state index in [9.17, 15) is 9.59 Å². The Labute approximate surface area is 244 Å². The summed E-state index contributed by atoms with van der Waals surface area (Å²) in [5.41, 5.74) is 1.55. The Morgan fingerprint density at radius 1 is 1.17 bits per heavy atom. The summed E-state index contributed by atoms with van der Waals surface area (Å²) >= 11 is 0. The molecule has 4 heterocycles. The first-order valence-electron chi connectivity index (χ1n) is 14.0. The van der Waals surface area contributed by atoms with Crippen molar-refractivity contribution in [3.05, 3.63) is 46.3 Å². The summed E-state index contributed by atoms with van der Waals surface area (Å²) in [6.45, 7) is 10.8. The second-order valence-corrected chi connectivity index (χ2v) is 11.3. The lowest BCUT2D eigenvalue weighted by Crippen LogP contribution is -2.49. The number of carbonyl (C=O) groups is 1. The Balaban J connectivity index is 1.49. The highest BCUT2D eigenvalue weighted by molar-refractivity contribution is 5.81. The van der Waals surface area contributed by atoms with Crippen LogP contribution in [0.2, 0.25) is 0 Å². The normalized spacial score (nSPS) is 15.4. The summed E-state index contributed by atoms with van der Waals surface area (Å²) in [6, 6.07) is 7.64. The van der Waals surface area contributed by atoms with Crippen molar-refractivity contribution in [2.45, 2.75) is 72.3 Å². The number of anilines is 1. The van der Waals surface area contributed by atoms with Gasteiger partial charge in [-0.15, -0.1) is 5.92 Å². The average Bonchev–Trinajstić information content (AvgIpc) is 3.32. The van der Waals surface area contributed by atoms with E-state index in [0.717, 1.165) is 36.0 Å². The van der Waals surface area contributed by atoms with E-state index < -0.39 is 17.4 Å². The van der Waals surface area contributed by atoms with Crippen molar-refractivity contribution in [1.82, 2.24) is 34.4 Å². The van der Waals surface area contributed by atoms with E-state index >= 15 is 0 Å². The van der Waals surface area contributed by atoms with Gasteiger partial charge in [-0.3, -0.25) is 9.13 Å². The van der Waals surface area contributed by atoms with Crippen molar-refractivity contribution < 1.29 is 14.3 Å². The summed E-state index contributed by atoms with van der Waals surface area (Å²) in [6.07, 6.45) is 1.19. The number of hydrogen-bond acceptors (Lipinski definition) is 9. The third-order valence-corrected chi connectivity index (χ3v) is 6.95. The van der Waals surface area contributed by atoms with E-state index in [0.29, 0.717) is 36.0 Å². The Kier molecular flexibility index (Phi) is 8.02. The topological polar surface area (TPSA) is 129 Å². The first kappa shape index (κ1) is 28.9. The molecule has 1 fully saturated rings. The molecule has 12 heteroatoms. The molecule has 220 valence electrons. The predicted molar refractivity (Wildman–Crippen MR) is 159 cm³/mol. The molecule has 1 N–H and O–H groups in total. The molecule has 1 aliphatic heterocycles. The molecule has 1 saturated heterocycles. The lowest BCUT2D eigenvalue weighted by molar-refractivity contribution is 0.0499. The van der Waals surface area contributed by atoms with Crippen LogP contribution in [-0.4, -0.2) is 59.9 Å². The molecule has 3 aromatic heterocycles. The molecular formula is C30H36N8O4. The number of nitrogens with zero attached hydrogens (tertiary/aromatic N) is 7. The highest BCUT2D eigenvalue weighted by Gasteiger charge is 2.29. The van der Waals surface area contributed by atoms with Crippen molar-refractivity contribution in [2.24, 2.45) is 7.05 Å². The summed E-state index contributed by atoms with van der Waals surface area (Å²) in [4.78, 5) is 45.8. The fraction of sp³-hybridized carbons (Fsp3) is 0.467. The minimum absolute atomic E-state index is 0.0203. The van der Waals surface area contributed by atoms with Crippen molar-refractivity contribution in [1.29, 1.82) is 0 Å². The lowest BCUT2D eigenvalue weighted by Gasteiger charge is -2.34. The van der Waals surface area contributed by atoms with Crippen LogP contribution in [0, 0.1) is 18.8 Å². The van der Waals surface area contributed by atoms with Crippen LogP contribution >= 0.6 is 0 Å². The number of aryl methyl sites for hydroxylation is 2. The zero-order chi connectivity index (χ0) is 30.0. The minimum Gasteiger partial charge on any atom is -0.468 e. The number of imidazole rings is 1. The van der Waals surface area contributed by atoms with E-state index in [2.05, 4.69) is 37.0 Å². The zero-order valence-electron chi connectivity index (χ0n) is 24.9. The zero-order valence-corrected chi connectivity index (χ0v) is 24.9. The molecule has 0 spiro atoms. The number of amides is 1. The Morgan fingerprint density at radius 3 is 2.71 bits per heavy atom. The molecule has 1 atom stereocenters. The maximum atomic E-state index is 12.9. The molecule has 12 nitrogen and oxygen atoms in total. The van der Waals surface area contributed by atoms with Gasteiger partial charge in [-0.2, -0.15) is 9.97 Å². The van der Waals surface area contributed by atoms with Crippen LogP contribution in [0.25, 0.3) is 22.1 Å². The number of fused-ring (bicyclic) bond motifs is 2. The molecule has 0 aliphatic carbocycles. The highest BCUT2D eigenvalue weighted by Crippen LogP contribution is 2.30. The van der Waals surface area contributed by atoms with Crippen molar-refractivity contribution in [2.75, 3.05) is 18.0 Å². The van der Waals surface area contributed by atoms with Crippen molar-refractivity contribution in [3.8, 4) is 17.7 Å². The second kappa shape index (κ2) is 11.7. The van der Waals surface area contributed by atoms with E-state index in [1.165, 1.54) is 4.57 Å². The molecule has 1 amide bonds. The molecule has 42 heavy (non-hydrogen) atoms. The van der Waals surface area contributed by atoms with Gasteiger partial charge in [-0.05, 0) is 53.5 Å². The van der Waals surface area contributed by atoms with Gasteiger partial charge in [-0.25, -0.2) is 19.6 Å². The van der Waals surface area contributed by atoms with Gasteiger partial charge in [0.1, 0.15) is 12.2 Å². The van der Waals surface area contributed by atoms with Gasteiger partial charge in [0.25, 0.3) is 0 Å². The van der Waals surface area contributed by atoms with Crippen molar-refractivity contribution >= 4 is 34.1 Å². The Hall–Kier alpha value is -4.66. The summed E-state index contributed by atoms with van der Waals surface area (Å²) < 4.78 is 14.9. The predicted octanol–water partition coefficient (Wildman–Crippen LogP) is 3.48. The van der Waals surface area contributed by atoms with Crippen LogP contribution in [0.1, 0.15) is 52.1 Å². The quantitative estimate of drug-likeness (QED) is 0.345. The Bertz CT molecular complexity index is 1760. The largest absolute Gasteiger partial charge is 0.468 e. The van der Waals surface area contributed by atoms with E-state index in [1.54, 1.807) is 14.0 Å².